The van der Waals surface area contributed by atoms with Gasteiger partial charge in [-0.2, -0.15) is 5.10 Å². The van der Waals surface area contributed by atoms with Gasteiger partial charge in [-0.3, -0.25) is 9.48 Å². The Morgan fingerprint density at radius 2 is 2.14 bits per heavy atom. The number of methoxy groups -OCH3 is 1. The number of benzene rings is 1. The van der Waals surface area contributed by atoms with Crippen molar-refractivity contribution in [3.05, 3.63) is 47.3 Å². The number of carbonyl (C=O) groups is 1. The van der Waals surface area contributed by atoms with E-state index < -0.39 is 0 Å². The minimum Gasteiger partial charge on any atom is -0.497 e. The number of amides is 1. The Morgan fingerprint density at radius 1 is 1.38 bits per heavy atom. The Hall–Kier alpha value is -2.34. The number of nitrogens with zero attached hydrogens (tertiary/aromatic N) is 3. The van der Waals surface area contributed by atoms with Gasteiger partial charge in [0, 0.05) is 13.1 Å². The number of hydrogen-bond donors (Lipinski definition) is 1. The zero-order chi connectivity index (χ0) is 15.7. The van der Waals surface area contributed by atoms with Crippen molar-refractivity contribution in [2.45, 2.75) is 19.7 Å². The van der Waals surface area contributed by atoms with Crippen molar-refractivity contribution in [1.29, 1.82) is 0 Å². The molecule has 1 N–H and O–H groups in total. The van der Waals surface area contributed by atoms with E-state index in [1.165, 1.54) is 4.68 Å². The molecule has 1 amide bonds. The van der Waals surface area contributed by atoms with Crippen molar-refractivity contribution in [2.24, 2.45) is 0 Å². The molecule has 0 saturated carbocycles. The van der Waals surface area contributed by atoms with Crippen molar-refractivity contribution in [3.8, 4) is 5.75 Å². The Bertz CT molecular complexity index is 697. The van der Waals surface area contributed by atoms with Gasteiger partial charge in [0.15, 0.2) is 0 Å². The summed E-state index contributed by atoms with van der Waals surface area (Å²) in [4.78, 5) is 14.2. The highest BCUT2D eigenvalue weighted by Crippen LogP contribution is 2.18. The SMILES string of the molecule is [2H]c1c(CO)nn2c1C(=O)N(Cc1ccc(OC)cc1)CC2. The molecule has 0 aliphatic carbocycles. The summed E-state index contributed by atoms with van der Waals surface area (Å²) in [7, 11) is 1.61. The lowest BCUT2D eigenvalue weighted by atomic mass is 10.2. The van der Waals surface area contributed by atoms with Gasteiger partial charge in [0.1, 0.15) is 11.4 Å². The maximum absolute atomic E-state index is 12.5. The third-order valence-electron chi connectivity index (χ3n) is 3.52. The van der Waals surface area contributed by atoms with Crippen LogP contribution in [0.25, 0.3) is 0 Å². The topological polar surface area (TPSA) is 67.6 Å². The van der Waals surface area contributed by atoms with Crippen LogP contribution in [0.1, 0.15) is 23.1 Å². The number of carbonyl (C=O) groups excluding carboxylic acids is 1. The summed E-state index contributed by atoms with van der Waals surface area (Å²) in [5.41, 5.74) is 1.49. The summed E-state index contributed by atoms with van der Waals surface area (Å²) < 4.78 is 14.6. The fraction of sp³-hybridized carbons (Fsp3) is 0.333. The number of fused-ring (bicyclic) bond motifs is 1. The summed E-state index contributed by atoms with van der Waals surface area (Å²) in [6.45, 7) is 1.21. The van der Waals surface area contributed by atoms with E-state index in [9.17, 15) is 9.90 Å². The van der Waals surface area contributed by atoms with Crippen molar-refractivity contribution in [1.82, 2.24) is 14.7 Å². The quantitative estimate of drug-likeness (QED) is 0.913. The number of aliphatic hydroxyl groups excluding tert-OH is 1. The van der Waals surface area contributed by atoms with E-state index >= 15 is 0 Å². The van der Waals surface area contributed by atoms with Crippen LogP contribution in [0, 0.1) is 0 Å². The fourth-order valence-corrected chi connectivity index (χ4v) is 2.39. The first-order valence-electron chi connectivity index (χ1n) is 7.23. The number of aromatic nitrogens is 2. The second kappa shape index (κ2) is 5.57. The molecular weight excluding hydrogens is 270 g/mol. The first-order chi connectivity index (χ1) is 10.6. The van der Waals surface area contributed by atoms with Crippen LogP contribution >= 0.6 is 0 Å². The molecule has 110 valence electrons. The lowest BCUT2D eigenvalue weighted by Gasteiger charge is -2.27. The Kier molecular flexibility index (Phi) is 3.29. The third kappa shape index (κ3) is 2.62. The fourth-order valence-electron chi connectivity index (χ4n) is 2.39. The highest BCUT2D eigenvalue weighted by atomic mass is 16.5. The molecule has 0 unspecified atom stereocenters. The van der Waals surface area contributed by atoms with E-state index in [0.717, 1.165) is 11.3 Å². The van der Waals surface area contributed by atoms with Crippen molar-refractivity contribution >= 4 is 5.91 Å². The monoisotopic (exact) mass is 288 g/mol. The molecule has 3 rings (SSSR count). The molecule has 1 aliphatic heterocycles. The lowest BCUT2D eigenvalue weighted by molar-refractivity contribution is 0.0683. The Labute approximate surface area is 124 Å². The first kappa shape index (κ1) is 12.4. The summed E-state index contributed by atoms with van der Waals surface area (Å²) >= 11 is 0. The van der Waals surface area contributed by atoms with Gasteiger partial charge in [-0.15, -0.1) is 0 Å². The molecule has 2 heterocycles. The maximum Gasteiger partial charge on any atom is 0.272 e. The van der Waals surface area contributed by atoms with E-state index in [1.54, 1.807) is 12.0 Å². The van der Waals surface area contributed by atoms with E-state index in [-0.39, 0.29) is 29.9 Å². The molecule has 0 spiro atoms. The predicted octanol–water partition coefficient (Wildman–Crippen LogP) is 1.04. The zero-order valence-electron chi connectivity index (χ0n) is 12.7. The van der Waals surface area contributed by atoms with Gasteiger partial charge in [0.25, 0.3) is 5.91 Å². The molecular formula is C15H17N3O3. The first-order valence-corrected chi connectivity index (χ1v) is 6.73. The summed E-state index contributed by atoms with van der Waals surface area (Å²) in [5, 5.41) is 13.3. The van der Waals surface area contributed by atoms with Crippen LogP contribution in [0.15, 0.2) is 30.3 Å². The molecule has 21 heavy (non-hydrogen) atoms. The van der Waals surface area contributed by atoms with Gasteiger partial charge in [-0.1, -0.05) is 12.1 Å². The smallest absolute Gasteiger partial charge is 0.272 e. The maximum atomic E-state index is 12.5. The average Bonchev–Trinajstić information content (AvgIpc) is 2.87. The van der Waals surface area contributed by atoms with Gasteiger partial charge in [-0.25, -0.2) is 0 Å². The van der Waals surface area contributed by atoms with Gasteiger partial charge in [-0.05, 0) is 23.7 Å². The van der Waals surface area contributed by atoms with Gasteiger partial charge in [0.05, 0.1) is 27.3 Å². The predicted molar refractivity (Wildman–Crippen MR) is 75.9 cm³/mol. The standard InChI is InChI=1S/C15H17N3O3/c1-21-13-4-2-11(3-5-13)9-17-6-7-18-14(15(17)20)8-12(10-19)16-18/h2-5,8,19H,6-7,9-10H2,1H3/i8D. The summed E-state index contributed by atoms with van der Waals surface area (Å²) in [5.74, 6) is 0.548. The molecule has 6 heteroatoms. The molecule has 0 radical (unpaired) electrons. The molecule has 0 bridgehead atoms. The Morgan fingerprint density at radius 3 is 2.81 bits per heavy atom. The number of ether oxygens (including phenoxy) is 1. The van der Waals surface area contributed by atoms with Gasteiger partial charge >= 0.3 is 0 Å². The van der Waals surface area contributed by atoms with E-state index in [0.29, 0.717) is 19.6 Å². The van der Waals surface area contributed by atoms with E-state index in [2.05, 4.69) is 5.10 Å². The number of hydrogen-bond acceptors (Lipinski definition) is 4. The molecule has 1 aliphatic rings. The lowest BCUT2D eigenvalue weighted by Crippen LogP contribution is -2.39. The van der Waals surface area contributed by atoms with Gasteiger partial charge < -0.3 is 14.7 Å². The normalized spacial score (nSPS) is 14.9. The average molecular weight is 288 g/mol. The zero-order valence-corrected chi connectivity index (χ0v) is 11.7. The van der Waals surface area contributed by atoms with Crippen LogP contribution in [-0.2, 0) is 19.7 Å². The molecule has 1 aromatic carbocycles. The van der Waals surface area contributed by atoms with Crippen molar-refractivity contribution in [3.63, 3.8) is 0 Å². The van der Waals surface area contributed by atoms with Crippen LogP contribution in [-0.4, -0.2) is 39.3 Å². The summed E-state index contributed by atoms with van der Waals surface area (Å²) in [6.07, 6.45) is 0. The molecule has 0 saturated heterocycles. The molecule has 2 aromatic rings. The van der Waals surface area contributed by atoms with Gasteiger partial charge in [0.2, 0.25) is 0 Å². The molecule has 0 atom stereocenters. The van der Waals surface area contributed by atoms with Crippen LogP contribution in [0.5, 0.6) is 5.75 Å². The largest absolute Gasteiger partial charge is 0.497 e. The van der Waals surface area contributed by atoms with Crippen LogP contribution < -0.4 is 4.74 Å². The highest BCUT2D eigenvalue weighted by molar-refractivity contribution is 5.93. The van der Waals surface area contributed by atoms with Crippen LogP contribution in [0.4, 0.5) is 0 Å². The second-order valence-corrected chi connectivity index (χ2v) is 4.88. The number of rotatable bonds is 4. The highest BCUT2D eigenvalue weighted by Gasteiger charge is 2.26. The van der Waals surface area contributed by atoms with Crippen molar-refractivity contribution in [2.75, 3.05) is 13.7 Å². The minimum atomic E-state index is -0.329. The van der Waals surface area contributed by atoms with Crippen LogP contribution in [0.3, 0.4) is 0 Å². The Balaban J connectivity index is 1.81. The van der Waals surface area contributed by atoms with Crippen molar-refractivity contribution < 1.29 is 16.0 Å². The molecule has 6 nitrogen and oxygen atoms in total. The third-order valence-corrected chi connectivity index (χ3v) is 3.52. The van der Waals surface area contributed by atoms with E-state index in [1.807, 2.05) is 24.3 Å². The second-order valence-electron chi connectivity index (χ2n) is 4.88. The van der Waals surface area contributed by atoms with E-state index in [4.69, 9.17) is 6.11 Å². The number of aliphatic hydroxyl groups is 1. The molecule has 0 fully saturated rings. The van der Waals surface area contributed by atoms with Crippen LogP contribution in [0.2, 0.25) is 0 Å². The minimum absolute atomic E-state index is 0.0203. The molecule has 1 aromatic heterocycles. The summed E-state index contributed by atoms with van der Waals surface area (Å²) in [6, 6.07) is 7.56.